The van der Waals surface area contributed by atoms with Crippen molar-refractivity contribution in [2.45, 2.75) is 34.5 Å². The van der Waals surface area contributed by atoms with Gasteiger partial charge in [-0.3, -0.25) is 0 Å². The van der Waals surface area contributed by atoms with E-state index in [4.69, 9.17) is 4.74 Å². The zero-order chi connectivity index (χ0) is 20.2. The van der Waals surface area contributed by atoms with Crippen LogP contribution in [0.3, 0.4) is 0 Å². The van der Waals surface area contributed by atoms with Gasteiger partial charge in [-0.25, -0.2) is 9.37 Å². The molecule has 0 saturated carbocycles. The fourth-order valence-corrected chi connectivity index (χ4v) is 5.90. The quantitative estimate of drug-likeness (QED) is 0.327. The third kappa shape index (κ3) is 4.57. The molecule has 4 rings (SSSR count). The van der Waals surface area contributed by atoms with Crippen LogP contribution < -0.4 is 4.74 Å². The molecule has 0 unspecified atom stereocenters. The van der Waals surface area contributed by atoms with Crippen LogP contribution >= 0.6 is 34.9 Å². The van der Waals surface area contributed by atoms with Crippen molar-refractivity contribution >= 4 is 45.1 Å². The van der Waals surface area contributed by atoms with Gasteiger partial charge < -0.3 is 9.30 Å². The number of fused-ring (bicyclic) bond motifs is 1. The minimum atomic E-state index is -0.272. The molecule has 150 valence electrons. The van der Waals surface area contributed by atoms with Gasteiger partial charge in [0.15, 0.2) is 9.50 Å². The van der Waals surface area contributed by atoms with Crippen molar-refractivity contribution < 1.29 is 9.13 Å². The van der Waals surface area contributed by atoms with Crippen molar-refractivity contribution in [3.05, 3.63) is 59.7 Å². The third-order valence-corrected chi connectivity index (χ3v) is 7.50. The van der Waals surface area contributed by atoms with E-state index in [2.05, 4.69) is 32.7 Å². The molecule has 2 aromatic carbocycles. The summed E-state index contributed by atoms with van der Waals surface area (Å²) in [5.41, 5.74) is 1.82. The molecular formula is C20H19FN4OS3. The van der Waals surface area contributed by atoms with Crippen molar-refractivity contribution in [2.24, 2.45) is 0 Å². The predicted octanol–water partition coefficient (Wildman–Crippen LogP) is 5.64. The molecule has 5 nitrogen and oxygen atoms in total. The molecular weight excluding hydrogens is 427 g/mol. The maximum atomic E-state index is 13.6. The molecule has 0 atom stereocenters. The molecule has 9 heteroatoms. The van der Waals surface area contributed by atoms with Crippen LogP contribution in [0.25, 0.3) is 10.2 Å². The monoisotopic (exact) mass is 446 g/mol. The van der Waals surface area contributed by atoms with Gasteiger partial charge in [-0.05, 0) is 37.3 Å². The second-order valence-electron chi connectivity index (χ2n) is 6.12. The summed E-state index contributed by atoms with van der Waals surface area (Å²) in [5, 5.41) is 9.54. The van der Waals surface area contributed by atoms with Crippen LogP contribution in [0.5, 0.6) is 5.75 Å². The van der Waals surface area contributed by atoms with Gasteiger partial charge in [0.2, 0.25) is 0 Å². The Labute approximate surface area is 180 Å². The van der Waals surface area contributed by atoms with Crippen LogP contribution in [0.15, 0.2) is 52.0 Å². The average Bonchev–Trinajstić information content (AvgIpc) is 3.33. The van der Waals surface area contributed by atoms with Crippen LogP contribution in [-0.2, 0) is 18.1 Å². The number of aromatic nitrogens is 4. The normalized spacial score (nSPS) is 11.3. The second kappa shape index (κ2) is 9.15. The predicted molar refractivity (Wildman–Crippen MR) is 117 cm³/mol. The van der Waals surface area contributed by atoms with E-state index in [1.54, 1.807) is 36.3 Å². The zero-order valence-electron chi connectivity index (χ0n) is 16.0. The molecule has 0 radical (unpaired) electrons. The smallest absolute Gasteiger partial charge is 0.191 e. The first kappa shape index (κ1) is 20.2. The van der Waals surface area contributed by atoms with E-state index in [-0.39, 0.29) is 5.82 Å². The Hall–Kier alpha value is -2.10. The van der Waals surface area contributed by atoms with E-state index in [9.17, 15) is 4.39 Å². The Kier molecular flexibility index (Phi) is 6.37. The van der Waals surface area contributed by atoms with Crippen molar-refractivity contribution in [3.8, 4) is 5.75 Å². The molecule has 0 aliphatic heterocycles. The molecule has 0 N–H and O–H groups in total. The maximum absolute atomic E-state index is 13.6. The summed E-state index contributed by atoms with van der Waals surface area (Å²) in [6.07, 6.45) is 0. The Morgan fingerprint density at radius 3 is 2.76 bits per heavy atom. The lowest BCUT2D eigenvalue weighted by Gasteiger charge is -2.09. The van der Waals surface area contributed by atoms with E-state index in [1.807, 2.05) is 18.2 Å². The Balaban J connectivity index is 1.45. The van der Waals surface area contributed by atoms with E-state index in [0.29, 0.717) is 17.3 Å². The van der Waals surface area contributed by atoms with Gasteiger partial charge in [0.25, 0.3) is 0 Å². The summed E-state index contributed by atoms with van der Waals surface area (Å²) in [6, 6.07) is 12.7. The molecule has 0 amide bonds. The number of para-hydroxylation sites is 1. The highest BCUT2D eigenvalue weighted by molar-refractivity contribution is 8.00. The lowest BCUT2D eigenvalue weighted by Crippen LogP contribution is -2.02. The summed E-state index contributed by atoms with van der Waals surface area (Å²) in [5.74, 6) is 2.57. The summed E-state index contributed by atoms with van der Waals surface area (Å²) in [4.78, 5) is 4.66. The Morgan fingerprint density at radius 2 is 1.97 bits per heavy atom. The van der Waals surface area contributed by atoms with Gasteiger partial charge in [-0.1, -0.05) is 35.7 Å². The Morgan fingerprint density at radius 1 is 1.10 bits per heavy atom. The number of hydrogen-bond donors (Lipinski definition) is 0. The van der Waals surface area contributed by atoms with E-state index in [1.165, 1.54) is 28.6 Å². The number of nitrogens with zero attached hydrogens (tertiary/aromatic N) is 4. The average molecular weight is 447 g/mol. The topological polar surface area (TPSA) is 52.8 Å². The number of benzene rings is 2. The van der Waals surface area contributed by atoms with Gasteiger partial charge in [-0.2, -0.15) is 0 Å². The van der Waals surface area contributed by atoms with Gasteiger partial charge in [-0.15, -0.1) is 21.5 Å². The summed E-state index contributed by atoms with van der Waals surface area (Å²) >= 11 is 4.89. The number of methoxy groups -OCH3 is 1. The highest BCUT2D eigenvalue weighted by Crippen LogP contribution is 2.32. The van der Waals surface area contributed by atoms with E-state index < -0.39 is 0 Å². The second-order valence-corrected chi connectivity index (χ2v) is 9.32. The van der Waals surface area contributed by atoms with Crippen molar-refractivity contribution in [1.82, 2.24) is 19.7 Å². The molecule has 0 aliphatic rings. The summed E-state index contributed by atoms with van der Waals surface area (Å²) < 4.78 is 23.2. The highest BCUT2D eigenvalue weighted by atomic mass is 32.2. The van der Waals surface area contributed by atoms with Crippen LogP contribution in [-0.4, -0.2) is 26.9 Å². The molecule has 0 fully saturated rings. The minimum Gasteiger partial charge on any atom is -0.496 e. The molecule has 0 bridgehead atoms. The zero-order valence-corrected chi connectivity index (χ0v) is 18.4. The maximum Gasteiger partial charge on any atom is 0.191 e. The van der Waals surface area contributed by atoms with E-state index >= 15 is 0 Å². The SMILES string of the molecule is CCn1c(CSc2nc3ccccc3s2)nnc1SCc1cc(F)ccc1OC. The minimum absolute atomic E-state index is 0.272. The largest absolute Gasteiger partial charge is 0.496 e. The molecule has 4 aromatic rings. The summed E-state index contributed by atoms with van der Waals surface area (Å²) in [7, 11) is 1.59. The first-order valence-electron chi connectivity index (χ1n) is 9.03. The first-order valence-corrected chi connectivity index (χ1v) is 11.8. The molecule has 0 spiro atoms. The molecule has 2 heterocycles. The lowest BCUT2D eigenvalue weighted by molar-refractivity contribution is 0.410. The van der Waals surface area contributed by atoms with E-state index in [0.717, 1.165) is 32.9 Å². The molecule has 29 heavy (non-hydrogen) atoms. The van der Waals surface area contributed by atoms with Gasteiger partial charge in [0.1, 0.15) is 17.4 Å². The van der Waals surface area contributed by atoms with Crippen LogP contribution in [0, 0.1) is 5.82 Å². The number of hydrogen-bond acceptors (Lipinski definition) is 7. The van der Waals surface area contributed by atoms with Crippen LogP contribution in [0.1, 0.15) is 18.3 Å². The van der Waals surface area contributed by atoms with Crippen molar-refractivity contribution in [2.75, 3.05) is 7.11 Å². The molecule has 0 aliphatic carbocycles. The fraction of sp³-hybridized carbons (Fsp3) is 0.250. The third-order valence-electron chi connectivity index (χ3n) is 4.31. The first-order chi connectivity index (χ1) is 14.2. The molecule has 2 aromatic heterocycles. The van der Waals surface area contributed by atoms with Gasteiger partial charge in [0, 0.05) is 17.9 Å². The molecule has 0 saturated heterocycles. The number of rotatable bonds is 8. The number of halogens is 1. The number of ether oxygens (including phenoxy) is 1. The highest BCUT2D eigenvalue weighted by Gasteiger charge is 2.14. The lowest BCUT2D eigenvalue weighted by atomic mass is 10.2. The van der Waals surface area contributed by atoms with Gasteiger partial charge in [0.05, 0.1) is 23.1 Å². The Bertz CT molecular complexity index is 1100. The van der Waals surface area contributed by atoms with Crippen LogP contribution in [0.4, 0.5) is 4.39 Å². The number of thiazole rings is 1. The van der Waals surface area contributed by atoms with Gasteiger partial charge >= 0.3 is 0 Å². The summed E-state index contributed by atoms with van der Waals surface area (Å²) in [6.45, 7) is 2.84. The standard InChI is InChI=1S/C20H19FN4OS3/c1-3-25-18(12-28-20-22-15-6-4-5-7-17(15)29-20)23-24-19(25)27-11-13-10-14(21)8-9-16(13)26-2/h4-10H,3,11-12H2,1-2H3. The fourth-order valence-electron chi connectivity index (χ4n) is 2.89. The van der Waals surface area contributed by atoms with Crippen molar-refractivity contribution in [1.29, 1.82) is 0 Å². The number of thioether (sulfide) groups is 2. The van der Waals surface area contributed by atoms with Crippen LogP contribution in [0.2, 0.25) is 0 Å². The van der Waals surface area contributed by atoms with Crippen molar-refractivity contribution in [3.63, 3.8) is 0 Å².